The highest BCUT2D eigenvalue weighted by Gasteiger charge is 2.14. The number of hydrogen-bond acceptors (Lipinski definition) is 2. The molecule has 2 heterocycles. The summed E-state index contributed by atoms with van der Waals surface area (Å²) < 4.78 is 0. The van der Waals surface area contributed by atoms with E-state index in [1.807, 2.05) is 12.1 Å². The number of rotatable bonds is 3. The number of phenolic OH excluding ortho intramolecular Hbond substituents is 1. The molecule has 3 rings (SSSR count). The summed E-state index contributed by atoms with van der Waals surface area (Å²) in [5.41, 5.74) is 2.42. The Labute approximate surface area is 101 Å². The van der Waals surface area contributed by atoms with Crippen LogP contribution in [0.2, 0.25) is 0 Å². The number of aromatic hydroxyl groups is 1. The summed E-state index contributed by atoms with van der Waals surface area (Å²) in [6.45, 7) is 1.17. The number of fused-ring (bicyclic) bond motifs is 1. The van der Waals surface area contributed by atoms with Gasteiger partial charge in [-0.25, -0.2) is 0 Å². The molecule has 2 aromatic rings. The van der Waals surface area contributed by atoms with E-state index in [1.165, 1.54) is 31.4 Å². The van der Waals surface area contributed by atoms with Crippen LogP contribution in [0.15, 0.2) is 24.4 Å². The van der Waals surface area contributed by atoms with Gasteiger partial charge < -0.3 is 15.4 Å². The summed E-state index contributed by atoms with van der Waals surface area (Å²) in [4.78, 5) is 3.26. The fourth-order valence-corrected chi connectivity index (χ4v) is 2.71. The van der Waals surface area contributed by atoms with Crippen LogP contribution in [-0.2, 0) is 6.42 Å². The molecule has 1 unspecified atom stereocenters. The van der Waals surface area contributed by atoms with Gasteiger partial charge in [-0.2, -0.15) is 0 Å². The van der Waals surface area contributed by atoms with Crippen molar-refractivity contribution in [3.05, 3.63) is 30.0 Å². The fraction of sp³-hybridized carbons (Fsp3) is 0.429. The van der Waals surface area contributed by atoms with E-state index in [2.05, 4.69) is 16.5 Å². The molecule has 1 saturated heterocycles. The largest absolute Gasteiger partial charge is 0.508 e. The molecule has 3 nitrogen and oxygen atoms in total. The van der Waals surface area contributed by atoms with E-state index in [4.69, 9.17) is 0 Å². The minimum Gasteiger partial charge on any atom is -0.508 e. The van der Waals surface area contributed by atoms with E-state index >= 15 is 0 Å². The highest BCUT2D eigenvalue weighted by Crippen LogP contribution is 2.24. The lowest BCUT2D eigenvalue weighted by Crippen LogP contribution is -2.21. The van der Waals surface area contributed by atoms with Gasteiger partial charge in [0.1, 0.15) is 5.75 Å². The maximum Gasteiger partial charge on any atom is 0.116 e. The molecule has 1 aromatic heterocycles. The Hall–Kier alpha value is -1.48. The topological polar surface area (TPSA) is 48.0 Å². The second-order valence-corrected chi connectivity index (χ2v) is 4.88. The first-order valence-electron chi connectivity index (χ1n) is 6.35. The molecule has 1 fully saturated rings. The van der Waals surface area contributed by atoms with Gasteiger partial charge in [-0.1, -0.05) is 0 Å². The third kappa shape index (κ3) is 2.15. The third-order valence-electron chi connectivity index (χ3n) is 3.68. The van der Waals surface area contributed by atoms with Crippen LogP contribution in [0.1, 0.15) is 24.8 Å². The summed E-state index contributed by atoms with van der Waals surface area (Å²) in [5, 5.41) is 14.2. The van der Waals surface area contributed by atoms with Crippen LogP contribution in [0.5, 0.6) is 5.75 Å². The molecule has 1 atom stereocenters. The fourth-order valence-electron chi connectivity index (χ4n) is 2.71. The molecule has 0 bridgehead atoms. The first-order valence-corrected chi connectivity index (χ1v) is 6.35. The maximum absolute atomic E-state index is 9.53. The zero-order chi connectivity index (χ0) is 11.7. The summed E-state index contributed by atoms with van der Waals surface area (Å²) in [7, 11) is 0. The molecular formula is C14H18N2O. The van der Waals surface area contributed by atoms with Crippen LogP contribution in [0.4, 0.5) is 0 Å². The van der Waals surface area contributed by atoms with Gasteiger partial charge in [0.15, 0.2) is 0 Å². The highest BCUT2D eigenvalue weighted by molar-refractivity contribution is 5.84. The van der Waals surface area contributed by atoms with E-state index in [0.29, 0.717) is 11.8 Å². The Morgan fingerprint density at radius 2 is 2.29 bits per heavy atom. The number of aromatic amines is 1. The summed E-state index contributed by atoms with van der Waals surface area (Å²) in [6.07, 6.45) is 6.93. The van der Waals surface area contributed by atoms with E-state index in [-0.39, 0.29) is 0 Å². The molecule has 3 heteroatoms. The highest BCUT2D eigenvalue weighted by atomic mass is 16.3. The molecule has 3 N–H and O–H groups in total. The van der Waals surface area contributed by atoms with Crippen molar-refractivity contribution in [2.24, 2.45) is 0 Å². The lowest BCUT2D eigenvalue weighted by molar-refractivity contribution is 0.476. The first kappa shape index (κ1) is 10.7. The molecule has 1 aromatic carbocycles. The van der Waals surface area contributed by atoms with Gasteiger partial charge in [-0.3, -0.25) is 0 Å². The van der Waals surface area contributed by atoms with Crippen molar-refractivity contribution in [1.82, 2.24) is 10.3 Å². The Bertz CT molecular complexity index is 512. The quantitative estimate of drug-likeness (QED) is 0.759. The van der Waals surface area contributed by atoms with Crippen LogP contribution < -0.4 is 5.32 Å². The van der Waals surface area contributed by atoms with Crippen molar-refractivity contribution in [3.63, 3.8) is 0 Å². The zero-order valence-corrected chi connectivity index (χ0v) is 9.87. The van der Waals surface area contributed by atoms with Gasteiger partial charge in [0, 0.05) is 23.1 Å². The molecule has 1 aliphatic rings. The third-order valence-corrected chi connectivity index (χ3v) is 3.68. The Morgan fingerprint density at radius 1 is 1.35 bits per heavy atom. The molecule has 17 heavy (non-hydrogen) atoms. The molecular weight excluding hydrogens is 212 g/mol. The smallest absolute Gasteiger partial charge is 0.116 e. The summed E-state index contributed by atoms with van der Waals surface area (Å²) in [5.74, 6) is 0.345. The predicted molar refractivity (Wildman–Crippen MR) is 69.3 cm³/mol. The second-order valence-electron chi connectivity index (χ2n) is 4.88. The summed E-state index contributed by atoms with van der Waals surface area (Å²) >= 11 is 0. The number of hydrogen-bond donors (Lipinski definition) is 3. The minimum absolute atomic E-state index is 0.345. The van der Waals surface area contributed by atoms with Crippen LogP contribution in [-0.4, -0.2) is 22.7 Å². The van der Waals surface area contributed by atoms with Crippen LogP contribution in [0, 0.1) is 0 Å². The maximum atomic E-state index is 9.53. The van der Waals surface area contributed by atoms with Crippen molar-refractivity contribution >= 4 is 10.9 Å². The zero-order valence-electron chi connectivity index (χ0n) is 9.87. The molecule has 0 saturated carbocycles. The predicted octanol–water partition coefficient (Wildman–Crippen LogP) is 2.56. The van der Waals surface area contributed by atoms with Crippen LogP contribution in [0.3, 0.4) is 0 Å². The average molecular weight is 230 g/mol. The van der Waals surface area contributed by atoms with Crippen LogP contribution in [0.25, 0.3) is 10.9 Å². The number of aromatic nitrogens is 1. The van der Waals surface area contributed by atoms with Crippen molar-refractivity contribution in [3.8, 4) is 5.75 Å². The number of nitrogens with one attached hydrogen (secondary N) is 2. The molecule has 0 spiro atoms. The molecule has 90 valence electrons. The lowest BCUT2D eigenvalue weighted by Gasteiger charge is -2.08. The number of phenols is 1. The van der Waals surface area contributed by atoms with Gasteiger partial charge in [-0.05, 0) is 56.0 Å². The molecule has 0 amide bonds. The van der Waals surface area contributed by atoms with Crippen LogP contribution >= 0.6 is 0 Å². The van der Waals surface area contributed by atoms with E-state index in [0.717, 1.165) is 17.3 Å². The Kier molecular flexibility index (Phi) is 2.77. The van der Waals surface area contributed by atoms with Crippen molar-refractivity contribution in [2.45, 2.75) is 31.7 Å². The van der Waals surface area contributed by atoms with E-state index in [1.54, 1.807) is 6.07 Å². The van der Waals surface area contributed by atoms with E-state index < -0.39 is 0 Å². The van der Waals surface area contributed by atoms with Gasteiger partial charge >= 0.3 is 0 Å². The second kappa shape index (κ2) is 4.41. The summed E-state index contributed by atoms with van der Waals surface area (Å²) in [6, 6.07) is 6.18. The molecule has 1 aliphatic heterocycles. The van der Waals surface area contributed by atoms with E-state index in [9.17, 15) is 5.11 Å². The van der Waals surface area contributed by atoms with Crippen molar-refractivity contribution in [2.75, 3.05) is 6.54 Å². The monoisotopic (exact) mass is 230 g/mol. The number of aryl methyl sites for hydroxylation is 1. The Morgan fingerprint density at radius 3 is 3.12 bits per heavy atom. The van der Waals surface area contributed by atoms with Crippen molar-refractivity contribution in [1.29, 1.82) is 0 Å². The SMILES string of the molecule is Oc1ccc2[nH]cc(CCC3CCCN3)c2c1. The first-order chi connectivity index (χ1) is 8.33. The number of benzene rings is 1. The van der Waals surface area contributed by atoms with Crippen molar-refractivity contribution < 1.29 is 5.11 Å². The lowest BCUT2D eigenvalue weighted by atomic mass is 10.0. The standard InChI is InChI=1S/C14H18N2O/c17-12-5-6-14-13(8-12)10(9-16-14)3-4-11-2-1-7-15-11/h5-6,8-9,11,15-17H,1-4,7H2. The number of H-pyrrole nitrogens is 1. The minimum atomic E-state index is 0.345. The van der Waals surface area contributed by atoms with Gasteiger partial charge in [0.25, 0.3) is 0 Å². The Balaban J connectivity index is 1.77. The van der Waals surface area contributed by atoms with Gasteiger partial charge in [-0.15, -0.1) is 0 Å². The normalized spacial score (nSPS) is 20.1. The molecule has 0 aliphatic carbocycles. The van der Waals surface area contributed by atoms with Gasteiger partial charge in [0.05, 0.1) is 0 Å². The molecule has 0 radical (unpaired) electrons. The van der Waals surface area contributed by atoms with Gasteiger partial charge in [0.2, 0.25) is 0 Å². The average Bonchev–Trinajstić information content (AvgIpc) is 2.94.